The first kappa shape index (κ1) is 21.1. The summed E-state index contributed by atoms with van der Waals surface area (Å²) >= 11 is 0. The van der Waals surface area contributed by atoms with Gasteiger partial charge in [0.15, 0.2) is 11.6 Å². The Hall–Kier alpha value is -4.18. The van der Waals surface area contributed by atoms with Gasteiger partial charge in [-0.1, -0.05) is 36.4 Å². The van der Waals surface area contributed by atoms with Crippen LogP contribution in [0.15, 0.2) is 60.8 Å². The molecule has 0 radical (unpaired) electrons. The smallest absolute Gasteiger partial charge is 0.225 e. The van der Waals surface area contributed by atoms with Crippen LogP contribution in [-0.2, 0) is 4.79 Å². The first-order valence-electron chi connectivity index (χ1n) is 10.4. The molecular weight excluding hydrogens is 402 g/mol. The van der Waals surface area contributed by atoms with Crippen LogP contribution in [-0.4, -0.2) is 27.3 Å². The van der Waals surface area contributed by atoms with Crippen LogP contribution in [0.1, 0.15) is 29.5 Å². The highest BCUT2D eigenvalue weighted by Gasteiger charge is 2.17. The van der Waals surface area contributed by atoms with E-state index >= 15 is 0 Å². The number of nitrogens with one attached hydrogen (secondary N) is 1. The molecule has 1 amide bonds. The molecule has 160 valence electrons. The Morgan fingerprint density at radius 3 is 2.72 bits per heavy atom. The highest BCUT2D eigenvalue weighted by atomic mass is 16.5. The molecule has 4 aromatic rings. The molecule has 4 rings (SSSR count). The first-order valence-corrected chi connectivity index (χ1v) is 10.4. The summed E-state index contributed by atoms with van der Waals surface area (Å²) in [5.74, 6) is 1.46. The Balaban J connectivity index is 1.47. The van der Waals surface area contributed by atoms with Crippen molar-refractivity contribution < 1.29 is 9.53 Å². The fourth-order valence-electron chi connectivity index (χ4n) is 3.49. The molecule has 0 aliphatic heterocycles. The zero-order valence-corrected chi connectivity index (χ0v) is 18.0. The number of amides is 1. The lowest BCUT2D eigenvalue weighted by atomic mass is 10.1. The minimum Gasteiger partial charge on any atom is -0.493 e. The number of hydrogen-bond acceptors (Lipinski definition) is 5. The van der Waals surface area contributed by atoms with E-state index in [-0.39, 0.29) is 17.9 Å². The largest absolute Gasteiger partial charge is 0.493 e. The van der Waals surface area contributed by atoms with Gasteiger partial charge >= 0.3 is 0 Å². The minimum atomic E-state index is -0.214. The van der Waals surface area contributed by atoms with E-state index in [1.165, 1.54) is 10.9 Å². The highest BCUT2D eigenvalue weighted by molar-refractivity contribution is 5.91. The summed E-state index contributed by atoms with van der Waals surface area (Å²) in [5.41, 5.74) is 3.19. The van der Waals surface area contributed by atoms with Crippen LogP contribution in [0.3, 0.4) is 0 Å². The zero-order valence-electron chi connectivity index (χ0n) is 18.0. The average Bonchev–Trinajstić information content (AvgIpc) is 3.20. The van der Waals surface area contributed by atoms with E-state index in [9.17, 15) is 10.1 Å². The number of nitrogens with zero attached hydrogens (tertiary/aromatic N) is 4. The molecule has 0 saturated carbocycles. The van der Waals surface area contributed by atoms with Gasteiger partial charge in [-0.15, -0.1) is 0 Å². The van der Waals surface area contributed by atoms with Gasteiger partial charge in [0.25, 0.3) is 0 Å². The van der Waals surface area contributed by atoms with Crippen LogP contribution in [0.25, 0.3) is 16.7 Å². The summed E-state index contributed by atoms with van der Waals surface area (Å²) < 4.78 is 7.25. The molecule has 2 aromatic heterocycles. The quantitative estimate of drug-likeness (QED) is 0.433. The van der Waals surface area contributed by atoms with Gasteiger partial charge in [-0.05, 0) is 49.6 Å². The maximum absolute atomic E-state index is 12.6. The van der Waals surface area contributed by atoms with E-state index in [1.54, 1.807) is 0 Å². The second kappa shape index (κ2) is 9.31. The number of benzene rings is 2. The number of fused-ring (bicyclic) bond motifs is 1. The van der Waals surface area contributed by atoms with E-state index in [0.29, 0.717) is 24.7 Å². The molecule has 32 heavy (non-hydrogen) atoms. The summed E-state index contributed by atoms with van der Waals surface area (Å²) in [6.45, 7) is 4.40. The summed E-state index contributed by atoms with van der Waals surface area (Å²) in [4.78, 5) is 17.2. The normalized spacial score (nSPS) is 10.7. The molecule has 0 bridgehead atoms. The number of nitriles is 1. The number of pyridine rings is 1. The van der Waals surface area contributed by atoms with Crippen LogP contribution in [0.5, 0.6) is 5.75 Å². The van der Waals surface area contributed by atoms with Gasteiger partial charge in [-0.3, -0.25) is 4.79 Å². The zero-order chi connectivity index (χ0) is 22.5. The number of anilines is 1. The fraction of sp³-hybridized carbons (Fsp3) is 0.200. The number of aryl methyl sites for hydroxylation is 2. The SMILES string of the molecule is Cc1ccccc1OCCCC(=O)Nc1c(C#N)cnn1-c1cc(C)c2ccccc2n1. The molecule has 1 N–H and O–H groups in total. The molecule has 0 unspecified atom stereocenters. The summed E-state index contributed by atoms with van der Waals surface area (Å²) in [6.07, 6.45) is 2.23. The molecule has 0 aliphatic rings. The lowest BCUT2D eigenvalue weighted by Gasteiger charge is -2.11. The molecule has 0 atom stereocenters. The molecule has 0 fully saturated rings. The number of rotatable bonds is 7. The van der Waals surface area contributed by atoms with Gasteiger partial charge in [0.2, 0.25) is 5.91 Å². The molecule has 0 aliphatic carbocycles. The molecular formula is C25H23N5O2. The molecule has 7 nitrogen and oxygen atoms in total. The number of ether oxygens (including phenoxy) is 1. The van der Waals surface area contributed by atoms with E-state index in [1.807, 2.05) is 68.4 Å². The number of carbonyl (C=O) groups excluding carboxylic acids is 1. The number of hydrogen-bond donors (Lipinski definition) is 1. The lowest BCUT2D eigenvalue weighted by Crippen LogP contribution is -2.17. The van der Waals surface area contributed by atoms with Crippen molar-refractivity contribution in [2.24, 2.45) is 0 Å². The van der Waals surface area contributed by atoms with Crippen molar-refractivity contribution in [3.63, 3.8) is 0 Å². The van der Waals surface area contributed by atoms with Crippen molar-refractivity contribution in [1.82, 2.24) is 14.8 Å². The van der Waals surface area contributed by atoms with E-state index in [0.717, 1.165) is 27.8 Å². The monoisotopic (exact) mass is 425 g/mol. The van der Waals surface area contributed by atoms with Gasteiger partial charge < -0.3 is 10.1 Å². The molecule has 0 spiro atoms. The molecule has 0 saturated heterocycles. The molecule has 2 aromatic carbocycles. The van der Waals surface area contributed by atoms with Gasteiger partial charge in [0.1, 0.15) is 17.4 Å². The van der Waals surface area contributed by atoms with Crippen molar-refractivity contribution in [1.29, 1.82) is 5.26 Å². The summed E-state index contributed by atoms with van der Waals surface area (Å²) in [7, 11) is 0. The Bertz CT molecular complexity index is 1320. The third-order valence-electron chi connectivity index (χ3n) is 5.17. The fourth-order valence-corrected chi connectivity index (χ4v) is 3.49. The van der Waals surface area contributed by atoms with Gasteiger partial charge in [-0.2, -0.15) is 15.0 Å². The van der Waals surface area contributed by atoms with Gasteiger partial charge in [-0.25, -0.2) is 4.98 Å². The highest BCUT2D eigenvalue weighted by Crippen LogP contribution is 2.24. The number of para-hydroxylation sites is 2. The third kappa shape index (κ3) is 4.44. The second-order valence-electron chi connectivity index (χ2n) is 7.51. The van der Waals surface area contributed by atoms with Crippen molar-refractivity contribution >= 4 is 22.6 Å². The third-order valence-corrected chi connectivity index (χ3v) is 5.17. The van der Waals surface area contributed by atoms with Crippen molar-refractivity contribution in [3.05, 3.63) is 77.5 Å². The second-order valence-corrected chi connectivity index (χ2v) is 7.51. The van der Waals surface area contributed by atoms with Crippen molar-refractivity contribution in [3.8, 4) is 17.6 Å². The van der Waals surface area contributed by atoms with Crippen LogP contribution in [0.4, 0.5) is 5.82 Å². The van der Waals surface area contributed by atoms with Crippen LogP contribution in [0, 0.1) is 25.2 Å². The topological polar surface area (TPSA) is 92.8 Å². The lowest BCUT2D eigenvalue weighted by molar-refractivity contribution is -0.116. The Morgan fingerprint density at radius 1 is 1.12 bits per heavy atom. The number of carbonyl (C=O) groups is 1. The Morgan fingerprint density at radius 2 is 1.91 bits per heavy atom. The van der Waals surface area contributed by atoms with E-state index in [2.05, 4.69) is 21.5 Å². The van der Waals surface area contributed by atoms with E-state index in [4.69, 9.17) is 4.74 Å². The Kier molecular flexibility index (Phi) is 6.13. The summed E-state index contributed by atoms with van der Waals surface area (Å²) in [5, 5.41) is 17.7. The predicted octanol–water partition coefficient (Wildman–Crippen LogP) is 4.71. The van der Waals surface area contributed by atoms with Crippen molar-refractivity contribution in [2.75, 3.05) is 11.9 Å². The maximum Gasteiger partial charge on any atom is 0.225 e. The van der Waals surface area contributed by atoms with Gasteiger partial charge in [0, 0.05) is 11.8 Å². The summed E-state index contributed by atoms with van der Waals surface area (Å²) in [6, 6.07) is 19.6. The minimum absolute atomic E-state index is 0.214. The first-order chi connectivity index (χ1) is 15.6. The van der Waals surface area contributed by atoms with Crippen molar-refractivity contribution in [2.45, 2.75) is 26.7 Å². The van der Waals surface area contributed by atoms with Crippen LogP contribution in [0.2, 0.25) is 0 Å². The maximum atomic E-state index is 12.6. The Labute approximate surface area is 186 Å². The predicted molar refractivity (Wildman–Crippen MR) is 123 cm³/mol. The molecule has 2 heterocycles. The molecule has 7 heteroatoms. The van der Waals surface area contributed by atoms with Gasteiger partial charge in [0.05, 0.1) is 18.3 Å². The van der Waals surface area contributed by atoms with Crippen LogP contribution < -0.4 is 10.1 Å². The standard InChI is InChI=1S/C25H23N5O2/c1-17-8-3-6-11-22(17)32-13-7-12-24(31)29-25-19(15-26)16-27-30(25)23-14-18(2)20-9-4-5-10-21(20)28-23/h3-6,8-11,14,16H,7,12-13H2,1-2H3,(H,29,31). The average molecular weight is 425 g/mol. The van der Waals surface area contributed by atoms with Crippen LogP contribution >= 0.6 is 0 Å². The van der Waals surface area contributed by atoms with E-state index < -0.39 is 0 Å². The number of aromatic nitrogens is 3.